The Kier molecular flexibility index (Phi) is 5.80. The molecule has 8 nitrogen and oxygen atoms in total. The highest BCUT2D eigenvalue weighted by molar-refractivity contribution is 6.04. The third kappa shape index (κ3) is 4.19. The summed E-state index contributed by atoms with van der Waals surface area (Å²) >= 11 is 0. The van der Waals surface area contributed by atoms with Crippen molar-refractivity contribution in [3.8, 4) is 0 Å². The number of rotatable bonds is 4. The summed E-state index contributed by atoms with van der Waals surface area (Å²) < 4.78 is 0. The number of carbonyl (C=O) groups excluding carboxylic acids is 2. The van der Waals surface area contributed by atoms with E-state index in [1.165, 1.54) is 0 Å². The fourth-order valence-corrected chi connectivity index (χ4v) is 4.60. The van der Waals surface area contributed by atoms with Gasteiger partial charge < -0.3 is 15.5 Å². The van der Waals surface area contributed by atoms with Gasteiger partial charge in [0.05, 0.1) is 11.5 Å². The molecule has 1 fully saturated rings. The number of H-pyrrole nitrogens is 1. The van der Waals surface area contributed by atoms with E-state index in [0.29, 0.717) is 11.6 Å². The van der Waals surface area contributed by atoms with Crippen molar-refractivity contribution in [2.45, 2.75) is 70.9 Å². The van der Waals surface area contributed by atoms with Crippen LogP contribution in [0.2, 0.25) is 0 Å². The summed E-state index contributed by atoms with van der Waals surface area (Å²) in [5.74, 6) is -0.976. The number of piperidine rings is 1. The van der Waals surface area contributed by atoms with Crippen LogP contribution < -0.4 is 21.1 Å². The van der Waals surface area contributed by atoms with Gasteiger partial charge in [0, 0.05) is 24.2 Å². The number of carbonyl (C=O) groups is 2. The monoisotopic (exact) mass is 423 g/mol. The Balaban J connectivity index is 1.65. The van der Waals surface area contributed by atoms with E-state index >= 15 is 0 Å². The van der Waals surface area contributed by atoms with Crippen LogP contribution in [0.4, 0.5) is 17.5 Å². The summed E-state index contributed by atoms with van der Waals surface area (Å²) in [6.45, 7) is 6.27. The first kappa shape index (κ1) is 21.1. The quantitative estimate of drug-likeness (QED) is 0.700. The second-order valence-electron chi connectivity index (χ2n) is 8.53. The van der Waals surface area contributed by atoms with Gasteiger partial charge in [0.1, 0.15) is 5.82 Å². The molecule has 8 heteroatoms. The summed E-state index contributed by atoms with van der Waals surface area (Å²) in [7, 11) is 0. The van der Waals surface area contributed by atoms with Crippen LogP contribution in [0.15, 0.2) is 29.1 Å². The molecule has 0 saturated carbocycles. The summed E-state index contributed by atoms with van der Waals surface area (Å²) in [4.78, 5) is 47.9. The van der Waals surface area contributed by atoms with E-state index in [-0.39, 0.29) is 47.3 Å². The fourth-order valence-electron chi connectivity index (χ4n) is 4.60. The third-order valence-corrected chi connectivity index (χ3v) is 6.32. The minimum absolute atomic E-state index is 0.0908. The standard InChI is InChI=1S/C23H29N5O3/c1-4-15-8-10-16(11-9-15)24-21(30)17-12-18(29)25-20-19(17)22(31)27-23(26-20)28-13(2)6-5-7-14(28)3/h8-11,13-14,17H,4-7,12H2,1-3H3,(H,24,30)(H2,25,26,27,29,31). The molecule has 4 rings (SSSR count). The van der Waals surface area contributed by atoms with Crippen molar-refractivity contribution in [3.05, 3.63) is 45.7 Å². The van der Waals surface area contributed by atoms with Crippen LogP contribution >= 0.6 is 0 Å². The molecule has 3 heterocycles. The molecule has 2 aliphatic heterocycles. The highest BCUT2D eigenvalue weighted by Crippen LogP contribution is 2.32. The molecule has 3 unspecified atom stereocenters. The summed E-state index contributed by atoms with van der Waals surface area (Å²) in [5.41, 5.74) is 1.62. The molecule has 2 amide bonds. The Morgan fingerprint density at radius 1 is 1.16 bits per heavy atom. The maximum atomic E-state index is 13.0. The van der Waals surface area contributed by atoms with Crippen LogP contribution in [0.3, 0.4) is 0 Å². The molecule has 1 saturated heterocycles. The largest absolute Gasteiger partial charge is 0.337 e. The van der Waals surface area contributed by atoms with Crippen molar-refractivity contribution < 1.29 is 9.59 Å². The van der Waals surface area contributed by atoms with Crippen LogP contribution in [0.5, 0.6) is 0 Å². The first-order valence-electron chi connectivity index (χ1n) is 11.0. The molecule has 0 radical (unpaired) electrons. The van der Waals surface area contributed by atoms with Crippen LogP contribution in [0.1, 0.15) is 63.5 Å². The number of fused-ring (bicyclic) bond motifs is 1. The van der Waals surface area contributed by atoms with Crippen molar-refractivity contribution in [1.82, 2.24) is 9.97 Å². The number of hydrogen-bond donors (Lipinski definition) is 3. The number of nitrogens with zero attached hydrogens (tertiary/aromatic N) is 2. The number of nitrogens with one attached hydrogen (secondary N) is 3. The average Bonchev–Trinajstić information content (AvgIpc) is 2.73. The SMILES string of the molecule is CCc1ccc(NC(=O)C2CC(=O)Nc3nc(N4C(C)CCCC4C)[nH]c(=O)c32)cc1. The Labute approximate surface area is 181 Å². The van der Waals surface area contributed by atoms with Gasteiger partial charge in [0.15, 0.2) is 0 Å². The lowest BCUT2D eigenvalue weighted by Gasteiger charge is -2.39. The summed E-state index contributed by atoms with van der Waals surface area (Å²) in [6.07, 6.45) is 3.97. The Morgan fingerprint density at radius 3 is 2.48 bits per heavy atom. The van der Waals surface area contributed by atoms with Crippen molar-refractivity contribution in [1.29, 1.82) is 0 Å². The van der Waals surface area contributed by atoms with Crippen molar-refractivity contribution in [2.75, 3.05) is 15.5 Å². The summed E-state index contributed by atoms with van der Waals surface area (Å²) in [6, 6.07) is 8.00. The predicted molar refractivity (Wildman–Crippen MR) is 121 cm³/mol. The molecule has 0 bridgehead atoms. The lowest BCUT2D eigenvalue weighted by Crippen LogP contribution is -2.46. The molecule has 2 aromatic rings. The molecule has 1 aromatic heterocycles. The van der Waals surface area contributed by atoms with Gasteiger partial charge in [0.25, 0.3) is 5.56 Å². The summed E-state index contributed by atoms with van der Waals surface area (Å²) in [5, 5.41) is 5.53. The second kappa shape index (κ2) is 8.53. The number of hydrogen-bond acceptors (Lipinski definition) is 5. The van der Waals surface area contributed by atoms with E-state index in [2.05, 4.69) is 46.3 Å². The van der Waals surface area contributed by atoms with E-state index in [1.807, 2.05) is 24.3 Å². The van der Waals surface area contributed by atoms with Crippen LogP contribution in [-0.2, 0) is 16.0 Å². The van der Waals surface area contributed by atoms with Crippen LogP contribution in [0.25, 0.3) is 0 Å². The maximum Gasteiger partial charge on any atom is 0.258 e. The zero-order valence-electron chi connectivity index (χ0n) is 18.2. The smallest absolute Gasteiger partial charge is 0.258 e. The number of aromatic amines is 1. The molecule has 2 aliphatic rings. The average molecular weight is 424 g/mol. The predicted octanol–water partition coefficient (Wildman–Crippen LogP) is 3.16. The first-order chi connectivity index (χ1) is 14.9. The Morgan fingerprint density at radius 2 is 1.84 bits per heavy atom. The maximum absolute atomic E-state index is 13.0. The molecule has 164 valence electrons. The Bertz CT molecular complexity index is 1040. The zero-order chi connectivity index (χ0) is 22.1. The topological polar surface area (TPSA) is 107 Å². The third-order valence-electron chi connectivity index (χ3n) is 6.32. The highest BCUT2D eigenvalue weighted by Gasteiger charge is 2.36. The van der Waals surface area contributed by atoms with Crippen LogP contribution in [0, 0.1) is 0 Å². The number of aromatic nitrogens is 2. The lowest BCUT2D eigenvalue weighted by atomic mass is 9.92. The minimum atomic E-state index is -0.892. The van der Waals surface area contributed by atoms with Crippen molar-refractivity contribution in [3.63, 3.8) is 0 Å². The molecule has 31 heavy (non-hydrogen) atoms. The van der Waals surface area contributed by atoms with Crippen LogP contribution in [-0.4, -0.2) is 33.9 Å². The first-order valence-corrected chi connectivity index (χ1v) is 11.0. The van der Waals surface area contributed by atoms with Gasteiger partial charge in [-0.1, -0.05) is 19.1 Å². The zero-order valence-corrected chi connectivity index (χ0v) is 18.2. The Hall–Kier alpha value is -3.16. The number of benzene rings is 1. The van der Waals surface area contributed by atoms with E-state index < -0.39 is 5.92 Å². The van der Waals surface area contributed by atoms with Gasteiger partial charge >= 0.3 is 0 Å². The van der Waals surface area contributed by atoms with Gasteiger partial charge in [-0.05, 0) is 57.2 Å². The molecular formula is C23H29N5O3. The number of amides is 2. The van der Waals surface area contributed by atoms with Crippen molar-refractivity contribution >= 4 is 29.3 Å². The van der Waals surface area contributed by atoms with E-state index in [4.69, 9.17) is 0 Å². The molecule has 1 aromatic carbocycles. The number of aryl methyl sites for hydroxylation is 1. The van der Waals surface area contributed by atoms with Gasteiger partial charge in [-0.25, -0.2) is 0 Å². The molecule has 0 spiro atoms. The van der Waals surface area contributed by atoms with Gasteiger partial charge in [-0.15, -0.1) is 0 Å². The van der Waals surface area contributed by atoms with Crippen molar-refractivity contribution in [2.24, 2.45) is 0 Å². The fraction of sp³-hybridized carbons (Fsp3) is 0.478. The van der Waals surface area contributed by atoms with Gasteiger partial charge in [-0.2, -0.15) is 4.98 Å². The lowest BCUT2D eigenvalue weighted by molar-refractivity contribution is -0.123. The normalized spacial score (nSPS) is 23.1. The van der Waals surface area contributed by atoms with E-state index in [1.54, 1.807) is 0 Å². The second-order valence-corrected chi connectivity index (χ2v) is 8.53. The van der Waals surface area contributed by atoms with Gasteiger partial charge in [0.2, 0.25) is 17.8 Å². The minimum Gasteiger partial charge on any atom is -0.337 e. The molecule has 3 atom stereocenters. The highest BCUT2D eigenvalue weighted by atomic mass is 16.2. The van der Waals surface area contributed by atoms with E-state index in [9.17, 15) is 14.4 Å². The molecule has 0 aliphatic carbocycles. The molecule has 3 N–H and O–H groups in total. The number of anilines is 3. The van der Waals surface area contributed by atoms with Gasteiger partial charge in [-0.3, -0.25) is 19.4 Å². The van der Waals surface area contributed by atoms with E-state index in [0.717, 1.165) is 31.2 Å². The molecular weight excluding hydrogens is 394 g/mol.